The Bertz CT molecular complexity index is 1060. The van der Waals surface area contributed by atoms with Gasteiger partial charge in [0, 0.05) is 26.2 Å². The van der Waals surface area contributed by atoms with Gasteiger partial charge >= 0.3 is 5.97 Å². The quantitative estimate of drug-likeness (QED) is 0.208. The number of rotatable bonds is 15. The number of ether oxygens (including phenoxy) is 2. The third-order valence-electron chi connectivity index (χ3n) is 8.67. The van der Waals surface area contributed by atoms with Crippen molar-refractivity contribution in [3.8, 4) is 0 Å². The zero-order valence-electron chi connectivity index (χ0n) is 23.1. The summed E-state index contributed by atoms with van der Waals surface area (Å²) in [5.41, 5.74) is -0.930. The number of hydrogen-bond donors (Lipinski definition) is 1. The number of aliphatic hydroxyl groups is 1. The van der Waals surface area contributed by atoms with Gasteiger partial charge in [0.15, 0.2) is 0 Å². The lowest BCUT2D eigenvalue weighted by Crippen LogP contribution is -2.56. The molecular formula is C31H42N2O6. The van der Waals surface area contributed by atoms with E-state index in [2.05, 4.69) is 13.2 Å². The molecule has 3 saturated heterocycles. The Kier molecular flexibility index (Phi) is 9.28. The van der Waals surface area contributed by atoms with Crippen molar-refractivity contribution >= 4 is 17.8 Å². The molecule has 1 spiro atoms. The van der Waals surface area contributed by atoms with Gasteiger partial charge in [-0.2, -0.15) is 0 Å². The number of amides is 2. The Hall–Kier alpha value is -2.97. The van der Waals surface area contributed by atoms with Crippen molar-refractivity contribution in [3.63, 3.8) is 0 Å². The minimum atomic E-state index is -1.08. The normalized spacial score (nSPS) is 28.8. The molecule has 3 aliphatic rings. The summed E-state index contributed by atoms with van der Waals surface area (Å²) in [7, 11) is 0. The van der Waals surface area contributed by atoms with Crippen LogP contribution in [0.15, 0.2) is 55.6 Å². The van der Waals surface area contributed by atoms with Gasteiger partial charge in [0.2, 0.25) is 11.8 Å². The minimum Gasteiger partial charge on any atom is -0.465 e. The van der Waals surface area contributed by atoms with Crippen LogP contribution in [0.25, 0.3) is 0 Å². The van der Waals surface area contributed by atoms with Crippen LogP contribution in [0, 0.1) is 11.8 Å². The highest BCUT2D eigenvalue weighted by Gasteiger charge is 2.79. The number of nitrogens with zero attached hydrogens (tertiary/aromatic N) is 2. The molecular weight excluding hydrogens is 496 g/mol. The Labute approximate surface area is 231 Å². The standard InChI is InChI=1S/C31H42N2O6/c1-4-7-21-38-29(37)25-24-27(35)33(19-12-9-13-20-34)26(31(24)17-16-30(25,6-3)39-31)28(36)32(18-5-2)22-23-14-10-8-11-15-23/h4-5,8,10-11,14-15,24-26,34H,1-2,6-7,9,12-13,16-22H2,3H3/t24-,25-,26?,30+,31?/m0/s1. The average molecular weight is 539 g/mol. The van der Waals surface area contributed by atoms with E-state index >= 15 is 0 Å². The number of carbonyl (C=O) groups is 3. The second-order valence-corrected chi connectivity index (χ2v) is 10.9. The number of hydrogen-bond acceptors (Lipinski definition) is 6. The minimum absolute atomic E-state index is 0.0772. The largest absolute Gasteiger partial charge is 0.465 e. The second-order valence-electron chi connectivity index (χ2n) is 10.9. The molecule has 3 fully saturated rings. The summed E-state index contributed by atoms with van der Waals surface area (Å²) in [6, 6.07) is 8.89. The van der Waals surface area contributed by atoms with Gasteiger partial charge in [0.25, 0.3) is 0 Å². The fourth-order valence-corrected chi connectivity index (χ4v) is 6.86. The summed E-state index contributed by atoms with van der Waals surface area (Å²) >= 11 is 0. The summed E-state index contributed by atoms with van der Waals surface area (Å²) in [6.45, 7) is 10.9. The average Bonchev–Trinajstić information content (AvgIpc) is 3.55. The lowest BCUT2D eigenvalue weighted by Gasteiger charge is -2.37. The van der Waals surface area contributed by atoms with Crippen LogP contribution in [0.2, 0.25) is 0 Å². The first-order valence-electron chi connectivity index (χ1n) is 14.2. The van der Waals surface area contributed by atoms with E-state index in [0.29, 0.717) is 58.2 Å². The molecule has 5 atom stereocenters. The molecule has 2 bridgehead atoms. The fourth-order valence-electron chi connectivity index (χ4n) is 6.86. The van der Waals surface area contributed by atoms with Gasteiger partial charge in [-0.15, -0.1) is 13.2 Å². The first-order chi connectivity index (χ1) is 18.9. The predicted molar refractivity (Wildman–Crippen MR) is 147 cm³/mol. The van der Waals surface area contributed by atoms with E-state index in [4.69, 9.17) is 9.47 Å². The maximum atomic E-state index is 14.4. The third-order valence-corrected chi connectivity index (χ3v) is 8.67. The monoisotopic (exact) mass is 538 g/mol. The van der Waals surface area contributed by atoms with Crippen LogP contribution in [-0.4, -0.2) is 76.2 Å². The van der Waals surface area contributed by atoms with Crippen molar-refractivity contribution in [2.45, 2.75) is 75.7 Å². The van der Waals surface area contributed by atoms with Gasteiger partial charge in [-0.1, -0.05) is 49.4 Å². The molecule has 0 aromatic heterocycles. The highest BCUT2D eigenvalue weighted by atomic mass is 16.6. The first-order valence-corrected chi connectivity index (χ1v) is 14.2. The molecule has 1 aromatic carbocycles. The topological polar surface area (TPSA) is 96.4 Å². The second kappa shape index (κ2) is 12.5. The molecule has 3 heterocycles. The van der Waals surface area contributed by atoms with E-state index in [9.17, 15) is 19.5 Å². The lowest BCUT2D eigenvalue weighted by molar-refractivity contribution is -0.162. The highest BCUT2D eigenvalue weighted by molar-refractivity contribution is 5.98. The molecule has 8 heteroatoms. The molecule has 2 amide bonds. The number of fused-ring (bicyclic) bond motifs is 1. The van der Waals surface area contributed by atoms with Crippen LogP contribution in [0.3, 0.4) is 0 Å². The molecule has 1 aromatic rings. The number of likely N-dealkylation sites (tertiary alicyclic amines) is 1. The van der Waals surface area contributed by atoms with Crippen LogP contribution in [0.5, 0.6) is 0 Å². The van der Waals surface area contributed by atoms with Gasteiger partial charge in [0.1, 0.15) is 17.6 Å². The maximum absolute atomic E-state index is 14.4. The lowest BCUT2D eigenvalue weighted by atomic mass is 9.65. The molecule has 0 aliphatic carbocycles. The van der Waals surface area contributed by atoms with Gasteiger partial charge in [-0.3, -0.25) is 14.4 Å². The van der Waals surface area contributed by atoms with Crippen molar-refractivity contribution in [1.82, 2.24) is 9.80 Å². The molecule has 0 saturated carbocycles. The third kappa shape index (κ3) is 5.29. The Morgan fingerprint density at radius 3 is 2.62 bits per heavy atom. The first kappa shape index (κ1) is 29.0. The summed E-state index contributed by atoms with van der Waals surface area (Å²) < 4.78 is 12.4. The predicted octanol–water partition coefficient (Wildman–Crippen LogP) is 3.64. The van der Waals surface area contributed by atoms with E-state index in [1.54, 1.807) is 22.0 Å². The molecule has 39 heavy (non-hydrogen) atoms. The van der Waals surface area contributed by atoms with Gasteiger partial charge in [0.05, 0.1) is 18.1 Å². The van der Waals surface area contributed by atoms with Crippen molar-refractivity contribution < 1.29 is 29.0 Å². The van der Waals surface area contributed by atoms with Crippen LogP contribution in [0.1, 0.15) is 57.4 Å². The molecule has 2 unspecified atom stereocenters. The van der Waals surface area contributed by atoms with Crippen molar-refractivity contribution in [2.75, 3.05) is 26.3 Å². The summed E-state index contributed by atoms with van der Waals surface area (Å²) in [5, 5.41) is 9.25. The Balaban J connectivity index is 1.71. The van der Waals surface area contributed by atoms with E-state index < -0.39 is 35.0 Å². The zero-order valence-corrected chi connectivity index (χ0v) is 23.1. The number of unbranched alkanes of at least 4 members (excludes halogenated alkanes) is 2. The van der Waals surface area contributed by atoms with Gasteiger partial charge < -0.3 is 24.4 Å². The van der Waals surface area contributed by atoms with E-state index in [-0.39, 0.29) is 25.0 Å². The molecule has 3 aliphatic heterocycles. The summed E-state index contributed by atoms with van der Waals surface area (Å²) in [6.07, 6.45) is 7.58. The zero-order chi connectivity index (χ0) is 28.0. The molecule has 1 N–H and O–H groups in total. The molecule has 4 rings (SSSR count). The summed E-state index contributed by atoms with van der Waals surface area (Å²) in [5.74, 6) is -2.36. The maximum Gasteiger partial charge on any atom is 0.312 e. The number of aliphatic hydroxyl groups excluding tert-OH is 1. The van der Waals surface area contributed by atoms with Crippen LogP contribution in [-0.2, 0) is 30.4 Å². The van der Waals surface area contributed by atoms with Crippen molar-refractivity contribution in [1.29, 1.82) is 0 Å². The van der Waals surface area contributed by atoms with Gasteiger partial charge in [-0.25, -0.2) is 0 Å². The molecule has 0 radical (unpaired) electrons. The van der Waals surface area contributed by atoms with Gasteiger partial charge in [-0.05, 0) is 50.5 Å². The summed E-state index contributed by atoms with van der Waals surface area (Å²) in [4.78, 5) is 45.5. The number of carbonyl (C=O) groups excluding carboxylic acids is 3. The highest BCUT2D eigenvalue weighted by Crippen LogP contribution is 2.64. The fraction of sp³-hybridized carbons (Fsp3) is 0.581. The molecule has 8 nitrogen and oxygen atoms in total. The van der Waals surface area contributed by atoms with E-state index in [1.165, 1.54) is 0 Å². The van der Waals surface area contributed by atoms with E-state index in [0.717, 1.165) is 12.0 Å². The van der Waals surface area contributed by atoms with Crippen LogP contribution >= 0.6 is 0 Å². The molecule has 212 valence electrons. The number of benzene rings is 1. The van der Waals surface area contributed by atoms with Crippen LogP contribution < -0.4 is 0 Å². The SMILES string of the molecule is C=CCCOC(=O)[C@@H]1[C@H]2C(=O)N(CCCCCO)C(C(=O)N(CC=C)Cc3ccccc3)C23CC[C@@]1(CC)O3. The van der Waals surface area contributed by atoms with E-state index in [1.807, 2.05) is 37.3 Å². The van der Waals surface area contributed by atoms with Crippen molar-refractivity contribution in [2.24, 2.45) is 11.8 Å². The Morgan fingerprint density at radius 1 is 1.18 bits per heavy atom. The number of esters is 1. The Morgan fingerprint density at radius 2 is 1.95 bits per heavy atom. The smallest absolute Gasteiger partial charge is 0.312 e. The van der Waals surface area contributed by atoms with Crippen molar-refractivity contribution in [3.05, 3.63) is 61.2 Å². The van der Waals surface area contributed by atoms with Crippen LogP contribution in [0.4, 0.5) is 0 Å².